The van der Waals surface area contributed by atoms with Crippen molar-refractivity contribution in [3.63, 3.8) is 0 Å². The monoisotopic (exact) mass is 293 g/mol. The molecule has 1 unspecified atom stereocenters. The number of hydrogen-bond donors (Lipinski definition) is 0. The first kappa shape index (κ1) is 16.0. The number of allylic oxidation sites excluding steroid dienone is 2. The van der Waals surface area contributed by atoms with Gasteiger partial charge in [-0.05, 0) is 49.6 Å². The molecule has 2 rings (SSSR count). The molecule has 0 aliphatic rings. The van der Waals surface area contributed by atoms with Crippen LogP contribution in [0.3, 0.4) is 0 Å². The van der Waals surface area contributed by atoms with E-state index >= 15 is 0 Å². The maximum Gasteiger partial charge on any atom is 0.165 e. The van der Waals surface area contributed by atoms with Crippen molar-refractivity contribution in [2.24, 2.45) is 12.5 Å². The molecule has 1 aromatic carbocycles. The van der Waals surface area contributed by atoms with Crippen LogP contribution in [0.15, 0.2) is 67.4 Å². The summed E-state index contributed by atoms with van der Waals surface area (Å²) in [5.74, 6) is 0.0969. The molecule has 0 radical (unpaired) electrons. The maximum absolute atomic E-state index is 12.6. The van der Waals surface area contributed by atoms with Gasteiger partial charge in [-0.3, -0.25) is 4.79 Å². The van der Waals surface area contributed by atoms with Gasteiger partial charge in [-0.25, -0.2) is 0 Å². The molecule has 0 fully saturated rings. The van der Waals surface area contributed by atoms with Crippen molar-refractivity contribution in [2.45, 2.75) is 19.8 Å². The molecule has 0 saturated heterocycles. The van der Waals surface area contributed by atoms with Crippen LogP contribution in [0.25, 0.3) is 6.08 Å². The smallest absolute Gasteiger partial charge is 0.165 e. The first-order valence-corrected chi connectivity index (χ1v) is 7.56. The first-order chi connectivity index (χ1) is 10.5. The highest BCUT2D eigenvalue weighted by molar-refractivity contribution is 5.98. The van der Waals surface area contributed by atoms with Crippen LogP contribution in [-0.4, -0.2) is 10.4 Å². The topological polar surface area (TPSA) is 22.0 Å². The number of aromatic nitrogens is 1. The maximum atomic E-state index is 12.6. The van der Waals surface area contributed by atoms with Crippen LogP contribution in [-0.2, 0) is 18.3 Å². The molecule has 2 nitrogen and oxygen atoms in total. The Labute approximate surface area is 132 Å². The normalized spacial score (nSPS) is 13.9. The van der Waals surface area contributed by atoms with E-state index in [9.17, 15) is 4.79 Å². The SMILES string of the molecule is C=CC(C)(CCc1ccccc1)C(=O)/C=C/c1cccn1C. The lowest BCUT2D eigenvalue weighted by molar-refractivity contribution is -0.121. The van der Waals surface area contributed by atoms with Crippen molar-refractivity contribution >= 4 is 11.9 Å². The summed E-state index contributed by atoms with van der Waals surface area (Å²) in [4.78, 5) is 12.6. The van der Waals surface area contributed by atoms with Gasteiger partial charge in [0.1, 0.15) is 0 Å². The molecule has 2 heteroatoms. The van der Waals surface area contributed by atoms with Crippen LogP contribution in [0.2, 0.25) is 0 Å². The summed E-state index contributed by atoms with van der Waals surface area (Å²) in [6.07, 6.45) is 8.90. The molecule has 2 aromatic rings. The highest BCUT2D eigenvalue weighted by atomic mass is 16.1. The van der Waals surface area contributed by atoms with Gasteiger partial charge in [0.15, 0.2) is 5.78 Å². The summed E-state index contributed by atoms with van der Waals surface area (Å²) < 4.78 is 1.99. The molecule has 114 valence electrons. The summed E-state index contributed by atoms with van der Waals surface area (Å²) in [5, 5.41) is 0. The van der Waals surface area contributed by atoms with Crippen LogP contribution in [0.5, 0.6) is 0 Å². The Bertz CT molecular complexity index is 666. The first-order valence-electron chi connectivity index (χ1n) is 7.56. The molecule has 1 aromatic heterocycles. The van der Waals surface area contributed by atoms with Gasteiger partial charge in [0.25, 0.3) is 0 Å². The van der Waals surface area contributed by atoms with Gasteiger partial charge in [-0.15, -0.1) is 6.58 Å². The minimum Gasteiger partial charge on any atom is -0.351 e. The number of benzene rings is 1. The molecular formula is C20H23NO. The number of nitrogens with zero attached hydrogens (tertiary/aromatic N) is 1. The molecule has 1 heterocycles. The summed E-state index contributed by atoms with van der Waals surface area (Å²) in [7, 11) is 1.96. The van der Waals surface area contributed by atoms with Crippen LogP contribution in [0.1, 0.15) is 24.6 Å². The number of rotatable bonds is 7. The van der Waals surface area contributed by atoms with Crippen molar-refractivity contribution in [1.82, 2.24) is 4.57 Å². The molecular weight excluding hydrogens is 270 g/mol. The Balaban J connectivity index is 2.05. The third kappa shape index (κ3) is 3.85. The van der Waals surface area contributed by atoms with E-state index in [1.165, 1.54) is 5.56 Å². The highest BCUT2D eigenvalue weighted by Gasteiger charge is 2.27. The quantitative estimate of drug-likeness (QED) is 0.546. The zero-order valence-corrected chi connectivity index (χ0v) is 13.3. The van der Waals surface area contributed by atoms with Crippen molar-refractivity contribution < 1.29 is 4.79 Å². The standard InChI is InChI=1S/C20H23NO/c1-4-20(2,15-14-17-9-6-5-7-10-17)19(22)13-12-18-11-8-16-21(18)3/h4-13,16H,1,14-15H2,2-3H3/b13-12+. The molecule has 1 atom stereocenters. The predicted octanol–water partition coefficient (Wildman–Crippen LogP) is 4.43. The van der Waals surface area contributed by atoms with Gasteiger partial charge in [-0.2, -0.15) is 0 Å². The molecule has 0 N–H and O–H groups in total. The summed E-state index contributed by atoms with van der Waals surface area (Å²) in [6, 6.07) is 14.2. The number of ketones is 1. The van der Waals surface area contributed by atoms with Crippen molar-refractivity contribution in [1.29, 1.82) is 0 Å². The lowest BCUT2D eigenvalue weighted by atomic mass is 9.80. The number of carbonyl (C=O) groups is 1. The van der Waals surface area contributed by atoms with Crippen LogP contribution < -0.4 is 0 Å². The average Bonchev–Trinajstić information content (AvgIpc) is 2.96. The van der Waals surface area contributed by atoms with E-state index in [2.05, 4.69) is 18.7 Å². The second-order valence-corrected chi connectivity index (χ2v) is 5.85. The molecule has 0 saturated carbocycles. The highest BCUT2D eigenvalue weighted by Crippen LogP contribution is 2.27. The Kier molecular flexibility index (Phi) is 5.16. The van der Waals surface area contributed by atoms with Gasteiger partial charge in [0.2, 0.25) is 0 Å². The zero-order valence-electron chi connectivity index (χ0n) is 13.3. The average molecular weight is 293 g/mol. The molecule has 0 amide bonds. The molecule has 0 spiro atoms. The van der Waals surface area contributed by atoms with E-state index in [-0.39, 0.29) is 5.78 Å². The van der Waals surface area contributed by atoms with E-state index in [1.54, 1.807) is 12.2 Å². The second kappa shape index (κ2) is 7.08. The number of hydrogen-bond acceptors (Lipinski definition) is 1. The lowest BCUT2D eigenvalue weighted by Crippen LogP contribution is -2.24. The minimum absolute atomic E-state index is 0.0969. The van der Waals surface area contributed by atoms with E-state index in [4.69, 9.17) is 0 Å². The Hall–Kier alpha value is -2.35. The lowest BCUT2D eigenvalue weighted by Gasteiger charge is -2.22. The van der Waals surface area contributed by atoms with Crippen LogP contribution >= 0.6 is 0 Å². The largest absolute Gasteiger partial charge is 0.351 e. The van der Waals surface area contributed by atoms with Gasteiger partial charge in [0.05, 0.1) is 0 Å². The fraction of sp³-hybridized carbons (Fsp3) is 0.250. The Morgan fingerprint density at radius 1 is 1.23 bits per heavy atom. The van der Waals surface area contributed by atoms with E-state index < -0.39 is 5.41 Å². The zero-order chi connectivity index (χ0) is 16.0. The van der Waals surface area contributed by atoms with Crippen molar-refractivity contribution in [3.8, 4) is 0 Å². The van der Waals surface area contributed by atoms with Crippen LogP contribution in [0.4, 0.5) is 0 Å². The van der Waals surface area contributed by atoms with Gasteiger partial charge in [0, 0.05) is 24.4 Å². The third-order valence-corrected chi connectivity index (χ3v) is 4.18. The van der Waals surface area contributed by atoms with Crippen molar-refractivity contribution in [2.75, 3.05) is 0 Å². The predicted molar refractivity (Wildman–Crippen MR) is 92.5 cm³/mol. The molecule has 0 aliphatic heterocycles. The van der Waals surface area contributed by atoms with Gasteiger partial charge in [-0.1, -0.05) is 36.4 Å². The fourth-order valence-corrected chi connectivity index (χ4v) is 2.37. The van der Waals surface area contributed by atoms with Gasteiger partial charge < -0.3 is 4.57 Å². The van der Waals surface area contributed by atoms with Crippen LogP contribution in [0, 0.1) is 5.41 Å². The van der Waals surface area contributed by atoms with Crippen molar-refractivity contribution in [3.05, 3.63) is 78.6 Å². The number of carbonyl (C=O) groups excluding carboxylic acids is 1. The number of aryl methyl sites for hydroxylation is 2. The summed E-state index contributed by atoms with van der Waals surface area (Å²) in [6.45, 7) is 5.83. The second-order valence-electron chi connectivity index (χ2n) is 5.85. The van der Waals surface area contributed by atoms with E-state index in [1.807, 2.05) is 61.1 Å². The van der Waals surface area contributed by atoms with E-state index in [0.29, 0.717) is 0 Å². The van der Waals surface area contributed by atoms with E-state index in [0.717, 1.165) is 18.5 Å². The minimum atomic E-state index is -0.530. The Morgan fingerprint density at radius 2 is 1.95 bits per heavy atom. The molecule has 22 heavy (non-hydrogen) atoms. The molecule has 0 aliphatic carbocycles. The Morgan fingerprint density at radius 3 is 2.55 bits per heavy atom. The summed E-state index contributed by atoms with van der Waals surface area (Å²) in [5.41, 5.74) is 1.73. The third-order valence-electron chi connectivity index (χ3n) is 4.18. The fourth-order valence-electron chi connectivity index (χ4n) is 2.37. The summed E-state index contributed by atoms with van der Waals surface area (Å²) >= 11 is 0. The van der Waals surface area contributed by atoms with Gasteiger partial charge >= 0.3 is 0 Å². The molecule has 0 bridgehead atoms.